The van der Waals surface area contributed by atoms with Crippen LogP contribution in [-0.4, -0.2) is 48.6 Å². The molecule has 0 aromatic heterocycles. The van der Waals surface area contributed by atoms with E-state index in [1.165, 1.54) is 0 Å². The minimum absolute atomic E-state index is 0.0599. The Morgan fingerprint density at radius 3 is 2.89 bits per heavy atom. The molecule has 2 heterocycles. The molecule has 0 saturated carbocycles. The van der Waals surface area contributed by atoms with Crippen molar-refractivity contribution in [2.45, 2.75) is 13.0 Å². The van der Waals surface area contributed by atoms with Crippen LogP contribution in [0.1, 0.15) is 12.0 Å². The van der Waals surface area contributed by atoms with Crippen LogP contribution in [-0.2, 0) is 16.1 Å². The number of amides is 2. The number of para-hydroxylation sites is 2. The summed E-state index contributed by atoms with van der Waals surface area (Å²) in [5, 5.41) is 9.62. The van der Waals surface area contributed by atoms with Crippen molar-refractivity contribution >= 4 is 17.5 Å². The third-order valence-electron chi connectivity index (χ3n) is 5.19. The molecule has 0 aliphatic carbocycles. The van der Waals surface area contributed by atoms with Crippen LogP contribution >= 0.6 is 0 Å². The third kappa shape index (κ3) is 3.35. The Balaban J connectivity index is 1.51. The van der Waals surface area contributed by atoms with Gasteiger partial charge in [0.25, 0.3) is 0 Å². The van der Waals surface area contributed by atoms with Gasteiger partial charge in [0.15, 0.2) is 0 Å². The fourth-order valence-electron chi connectivity index (χ4n) is 3.76. The van der Waals surface area contributed by atoms with Crippen LogP contribution in [0, 0.1) is 5.92 Å². The van der Waals surface area contributed by atoms with Crippen LogP contribution in [0.15, 0.2) is 42.5 Å². The van der Waals surface area contributed by atoms with E-state index >= 15 is 0 Å². The van der Waals surface area contributed by atoms with Crippen LogP contribution < -0.4 is 14.4 Å². The lowest BCUT2D eigenvalue weighted by Crippen LogP contribution is -2.38. The second-order valence-electron chi connectivity index (χ2n) is 6.98. The lowest BCUT2D eigenvalue weighted by Gasteiger charge is -2.24. The number of fused-ring (bicyclic) bond motifs is 1. The normalized spacial score (nSPS) is 19.0. The number of hydrogen-bond acceptors (Lipinski definition) is 5. The Morgan fingerprint density at radius 1 is 1.25 bits per heavy atom. The molecule has 1 saturated heterocycles. The summed E-state index contributed by atoms with van der Waals surface area (Å²) in [6.07, 6.45) is 0.177. The Bertz CT molecular complexity index is 913. The van der Waals surface area contributed by atoms with Gasteiger partial charge in [-0.3, -0.25) is 9.59 Å². The number of benzene rings is 2. The van der Waals surface area contributed by atoms with Gasteiger partial charge >= 0.3 is 0 Å². The van der Waals surface area contributed by atoms with Crippen molar-refractivity contribution < 1.29 is 24.2 Å². The summed E-state index contributed by atoms with van der Waals surface area (Å²) in [5.41, 5.74) is 1.53. The van der Waals surface area contributed by atoms with E-state index in [-0.39, 0.29) is 24.0 Å². The molecule has 2 amide bonds. The van der Waals surface area contributed by atoms with Crippen molar-refractivity contribution in [3.05, 3.63) is 48.0 Å². The van der Waals surface area contributed by atoms with Gasteiger partial charge in [-0.1, -0.05) is 12.1 Å². The molecule has 0 spiro atoms. The van der Waals surface area contributed by atoms with Crippen molar-refractivity contribution in [3.63, 3.8) is 0 Å². The largest absolute Gasteiger partial charge is 0.508 e. The Kier molecular flexibility index (Phi) is 4.81. The molecule has 2 aromatic rings. The molecule has 4 rings (SSSR count). The number of methoxy groups -OCH3 is 1. The van der Waals surface area contributed by atoms with Crippen LogP contribution in [0.3, 0.4) is 0 Å². The average Bonchev–Trinajstić information content (AvgIpc) is 2.96. The molecule has 1 atom stereocenters. The zero-order valence-electron chi connectivity index (χ0n) is 15.6. The lowest BCUT2D eigenvalue weighted by molar-refractivity contribution is -0.136. The lowest BCUT2D eigenvalue weighted by atomic mass is 10.1. The fourth-order valence-corrected chi connectivity index (χ4v) is 3.76. The number of anilines is 1. The van der Waals surface area contributed by atoms with Gasteiger partial charge < -0.3 is 24.4 Å². The first-order valence-corrected chi connectivity index (χ1v) is 9.23. The molecule has 28 heavy (non-hydrogen) atoms. The highest BCUT2D eigenvalue weighted by molar-refractivity contribution is 6.01. The summed E-state index contributed by atoms with van der Waals surface area (Å²) in [6.45, 7) is 1.51. The van der Waals surface area contributed by atoms with Crippen LogP contribution in [0.2, 0.25) is 0 Å². The Labute approximate surface area is 163 Å². The summed E-state index contributed by atoms with van der Waals surface area (Å²) in [7, 11) is 1.56. The number of aromatic hydroxyl groups is 1. The second-order valence-corrected chi connectivity index (χ2v) is 6.98. The summed E-state index contributed by atoms with van der Waals surface area (Å²) in [6, 6.07) is 12.2. The van der Waals surface area contributed by atoms with Gasteiger partial charge in [-0.15, -0.1) is 0 Å². The second kappa shape index (κ2) is 7.42. The fraction of sp³-hybridized carbons (Fsp3) is 0.333. The highest BCUT2D eigenvalue weighted by Gasteiger charge is 2.38. The molecule has 0 bridgehead atoms. The number of ether oxygens (including phenoxy) is 2. The molecular weight excluding hydrogens is 360 g/mol. The van der Waals surface area contributed by atoms with Gasteiger partial charge in [-0.25, -0.2) is 0 Å². The molecule has 1 fully saturated rings. The molecular formula is C21H22N2O5. The highest BCUT2D eigenvalue weighted by Crippen LogP contribution is 2.34. The Morgan fingerprint density at radius 2 is 2.07 bits per heavy atom. The molecule has 2 aromatic carbocycles. The van der Waals surface area contributed by atoms with E-state index in [1.807, 2.05) is 18.2 Å². The smallest absolute Gasteiger partial charge is 0.228 e. The maximum atomic E-state index is 13.1. The first kappa shape index (κ1) is 18.2. The number of carbonyl (C=O) groups is 2. The van der Waals surface area contributed by atoms with Crippen molar-refractivity contribution in [2.75, 3.05) is 31.7 Å². The highest BCUT2D eigenvalue weighted by atomic mass is 16.5. The number of phenols is 1. The topological polar surface area (TPSA) is 79.3 Å². The van der Waals surface area contributed by atoms with Gasteiger partial charge in [-0.05, 0) is 24.3 Å². The van der Waals surface area contributed by atoms with Crippen LogP contribution in [0.4, 0.5) is 5.69 Å². The predicted octanol–water partition coefficient (Wildman–Crippen LogP) is 2.17. The zero-order valence-corrected chi connectivity index (χ0v) is 15.6. The zero-order chi connectivity index (χ0) is 19.7. The monoisotopic (exact) mass is 382 g/mol. The Hall–Kier alpha value is -3.22. The van der Waals surface area contributed by atoms with Gasteiger partial charge in [0.05, 0.1) is 25.3 Å². The van der Waals surface area contributed by atoms with E-state index in [0.29, 0.717) is 43.4 Å². The quantitative estimate of drug-likeness (QED) is 0.880. The molecule has 2 aliphatic rings. The van der Waals surface area contributed by atoms with Crippen LogP contribution in [0.25, 0.3) is 0 Å². The first-order valence-electron chi connectivity index (χ1n) is 9.23. The summed E-state index contributed by atoms with van der Waals surface area (Å²) in [4.78, 5) is 29.1. The SMILES string of the molecule is COc1ccccc1N1CC(C(=O)N2CCOc3cc(O)ccc3C2)CC1=O. The number of hydrogen-bond donors (Lipinski definition) is 1. The third-order valence-corrected chi connectivity index (χ3v) is 5.19. The molecule has 146 valence electrons. The number of phenolic OH excluding ortho intramolecular Hbond substituents is 1. The molecule has 7 nitrogen and oxygen atoms in total. The minimum atomic E-state index is -0.406. The summed E-state index contributed by atoms with van der Waals surface area (Å²) in [5.74, 6) is 0.785. The van der Waals surface area contributed by atoms with Gasteiger partial charge in [0, 0.05) is 31.1 Å². The predicted molar refractivity (Wildman–Crippen MR) is 102 cm³/mol. The van der Waals surface area contributed by atoms with E-state index in [2.05, 4.69) is 0 Å². The molecule has 7 heteroatoms. The van der Waals surface area contributed by atoms with Crippen molar-refractivity contribution in [3.8, 4) is 17.2 Å². The minimum Gasteiger partial charge on any atom is -0.508 e. The van der Waals surface area contributed by atoms with Crippen molar-refractivity contribution in [1.82, 2.24) is 4.90 Å². The van der Waals surface area contributed by atoms with E-state index in [9.17, 15) is 14.7 Å². The van der Waals surface area contributed by atoms with Gasteiger partial charge in [-0.2, -0.15) is 0 Å². The molecule has 1 N–H and O–H groups in total. The maximum Gasteiger partial charge on any atom is 0.228 e. The number of carbonyl (C=O) groups excluding carboxylic acids is 2. The molecule has 2 aliphatic heterocycles. The van der Waals surface area contributed by atoms with Gasteiger partial charge in [0.1, 0.15) is 23.9 Å². The molecule has 0 radical (unpaired) electrons. The maximum absolute atomic E-state index is 13.1. The van der Waals surface area contributed by atoms with Gasteiger partial charge in [0.2, 0.25) is 11.8 Å². The standard InChI is InChI=1S/C21H22N2O5/c1-27-18-5-3-2-4-17(18)23-13-15(10-20(23)25)21(26)22-8-9-28-19-11-16(24)7-6-14(19)12-22/h2-7,11,15,24H,8-10,12-13H2,1H3. The first-order chi connectivity index (χ1) is 13.6. The summed E-state index contributed by atoms with van der Waals surface area (Å²) >= 11 is 0. The number of rotatable bonds is 3. The average molecular weight is 382 g/mol. The van der Waals surface area contributed by atoms with Crippen molar-refractivity contribution in [1.29, 1.82) is 0 Å². The van der Waals surface area contributed by atoms with Crippen LogP contribution in [0.5, 0.6) is 17.2 Å². The number of nitrogens with zero attached hydrogens (tertiary/aromatic N) is 2. The van der Waals surface area contributed by atoms with E-state index in [1.54, 1.807) is 41.2 Å². The van der Waals surface area contributed by atoms with E-state index in [0.717, 1.165) is 5.56 Å². The van der Waals surface area contributed by atoms with E-state index in [4.69, 9.17) is 9.47 Å². The molecule has 1 unspecified atom stereocenters. The van der Waals surface area contributed by atoms with E-state index < -0.39 is 5.92 Å². The summed E-state index contributed by atoms with van der Waals surface area (Å²) < 4.78 is 11.0. The van der Waals surface area contributed by atoms with Crippen molar-refractivity contribution in [2.24, 2.45) is 5.92 Å².